The predicted octanol–water partition coefficient (Wildman–Crippen LogP) is 1.98. The minimum absolute atomic E-state index is 0.101. The van der Waals surface area contributed by atoms with E-state index in [9.17, 15) is 14.4 Å². The van der Waals surface area contributed by atoms with Gasteiger partial charge in [0.05, 0.1) is 26.4 Å². The second-order valence-corrected chi connectivity index (χ2v) is 5.28. The van der Waals surface area contributed by atoms with Crippen molar-refractivity contribution in [3.8, 4) is 0 Å². The Balaban J connectivity index is 2.18. The average Bonchev–Trinajstić information content (AvgIpc) is 2.68. The highest BCUT2D eigenvalue weighted by molar-refractivity contribution is 6.05. The van der Waals surface area contributed by atoms with Gasteiger partial charge in [0, 0.05) is 0 Å². The molecule has 2 rings (SSSR count). The van der Waals surface area contributed by atoms with Gasteiger partial charge in [0.15, 0.2) is 5.92 Å². The summed E-state index contributed by atoms with van der Waals surface area (Å²) in [4.78, 5) is 41.8. The molecule has 0 aliphatic heterocycles. The van der Waals surface area contributed by atoms with Crippen molar-refractivity contribution in [1.82, 2.24) is 5.48 Å². The summed E-state index contributed by atoms with van der Waals surface area (Å²) in [5.74, 6) is -3.59. The molecule has 0 heterocycles. The monoisotopic (exact) mass is 357 g/mol. The van der Waals surface area contributed by atoms with Crippen LogP contribution >= 0.6 is 0 Å². The molecule has 1 amide bonds. The van der Waals surface area contributed by atoms with Crippen LogP contribution in [0.15, 0.2) is 54.6 Å². The molecule has 0 aliphatic rings. The third-order valence-electron chi connectivity index (χ3n) is 3.63. The number of hydrogen-bond acceptors (Lipinski definition) is 6. The molecule has 26 heavy (non-hydrogen) atoms. The topological polar surface area (TPSA) is 90.9 Å². The van der Waals surface area contributed by atoms with Crippen LogP contribution < -0.4 is 5.48 Å². The lowest BCUT2D eigenvalue weighted by Crippen LogP contribution is -2.35. The first kappa shape index (κ1) is 19.1. The van der Waals surface area contributed by atoms with Crippen molar-refractivity contribution in [2.24, 2.45) is 0 Å². The minimum atomic E-state index is -1.37. The summed E-state index contributed by atoms with van der Waals surface area (Å²) >= 11 is 0. The van der Waals surface area contributed by atoms with E-state index in [2.05, 4.69) is 5.48 Å². The van der Waals surface area contributed by atoms with Gasteiger partial charge in [-0.15, -0.1) is 0 Å². The summed E-state index contributed by atoms with van der Waals surface area (Å²) in [5.41, 5.74) is 3.36. The van der Waals surface area contributed by atoms with Crippen LogP contribution in [-0.2, 0) is 30.5 Å². The summed E-state index contributed by atoms with van der Waals surface area (Å²) in [7, 11) is 2.38. The summed E-state index contributed by atoms with van der Waals surface area (Å²) in [6.45, 7) is 0.124. The molecule has 0 saturated carbocycles. The first-order valence-corrected chi connectivity index (χ1v) is 7.79. The minimum Gasteiger partial charge on any atom is -0.468 e. The Hall–Kier alpha value is -3.19. The molecule has 0 radical (unpaired) electrons. The lowest BCUT2D eigenvalue weighted by molar-refractivity contribution is -0.150. The summed E-state index contributed by atoms with van der Waals surface area (Å²) in [5, 5.41) is 0. The maximum absolute atomic E-state index is 12.5. The smallest absolute Gasteiger partial charge is 0.338 e. The number of carbonyl (C=O) groups excluding carboxylic acids is 3. The van der Waals surface area contributed by atoms with Crippen LogP contribution in [0.2, 0.25) is 0 Å². The normalized spacial score (nSPS) is 11.3. The fourth-order valence-corrected chi connectivity index (χ4v) is 2.36. The molecule has 7 heteroatoms. The Kier molecular flexibility index (Phi) is 6.87. The van der Waals surface area contributed by atoms with Crippen LogP contribution in [0.4, 0.5) is 0 Å². The van der Waals surface area contributed by atoms with Crippen molar-refractivity contribution in [2.45, 2.75) is 12.5 Å². The largest absolute Gasteiger partial charge is 0.468 e. The van der Waals surface area contributed by atoms with Gasteiger partial charge >= 0.3 is 11.9 Å². The molecule has 2 aromatic carbocycles. The average molecular weight is 357 g/mol. The van der Waals surface area contributed by atoms with Gasteiger partial charge in [-0.1, -0.05) is 48.5 Å². The number of hydrogen-bond donors (Lipinski definition) is 1. The quantitative estimate of drug-likeness (QED) is 0.463. The molecule has 0 aliphatic carbocycles. The number of esters is 2. The van der Waals surface area contributed by atoms with Crippen molar-refractivity contribution in [1.29, 1.82) is 0 Å². The van der Waals surface area contributed by atoms with Crippen LogP contribution in [0.5, 0.6) is 0 Å². The molecule has 1 N–H and O–H groups in total. The van der Waals surface area contributed by atoms with Crippen LogP contribution in [-0.4, -0.2) is 32.1 Å². The molecule has 0 fully saturated rings. The van der Waals surface area contributed by atoms with Crippen molar-refractivity contribution >= 4 is 17.8 Å². The number of ether oxygens (including phenoxy) is 2. The molecule has 0 aromatic heterocycles. The molecule has 7 nitrogen and oxygen atoms in total. The van der Waals surface area contributed by atoms with Gasteiger partial charge in [0.2, 0.25) is 0 Å². The molecule has 1 unspecified atom stereocenters. The predicted molar refractivity (Wildman–Crippen MR) is 91.9 cm³/mol. The van der Waals surface area contributed by atoms with Gasteiger partial charge in [0.1, 0.15) is 0 Å². The van der Waals surface area contributed by atoms with E-state index >= 15 is 0 Å². The molecule has 0 spiro atoms. The fraction of sp³-hybridized carbons (Fsp3) is 0.211. The van der Waals surface area contributed by atoms with Gasteiger partial charge < -0.3 is 9.47 Å². The van der Waals surface area contributed by atoms with Gasteiger partial charge in [-0.3, -0.25) is 14.4 Å². The molecule has 2 aromatic rings. The number of amides is 1. The first-order valence-electron chi connectivity index (χ1n) is 7.79. The highest BCUT2D eigenvalue weighted by Gasteiger charge is 2.33. The zero-order chi connectivity index (χ0) is 18.9. The number of methoxy groups -OCH3 is 2. The van der Waals surface area contributed by atoms with Crippen molar-refractivity contribution in [3.05, 3.63) is 71.3 Å². The van der Waals surface area contributed by atoms with Crippen LogP contribution in [0.25, 0.3) is 0 Å². The lowest BCUT2D eigenvalue weighted by Gasteiger charge is -2.17. The van der Waals surface area contributed by atoms with Gasteiger partial charge in [-0.05, 0) is 17.2 Å². The summed E-state index contributed by atoms with van der Waals surface area (Å²) in [6.07, 6.45) is 0. The van der Waals surface area contributed by atoms with Crippen molar-refractivity contribution in [3.63, 3.8) is 0 Å². The third-order valence-corrected chi connectivity index (χ3v) is 3.63. The summed E-state index contributed by atoms with van der Waals surface area (Å²) in [6, 6.07) is 15.4. The zero-order valence-corrected chi connectivity index (χ0v) is 14.4. The fourth-order valence-electron chi connectivity index (χ4n) is 2.36. The van der Waals surface area contributed by atoms with Crippen LogP contribution in [0.3, 0.4) is 0 Å². The number of nitrogens with one attached hydrogen (secondary N) is 1. The van der Waals surface area contributed by atoms with E-state index in [1.165, 1.54) is 19.2 Å². The highest BCUT2D eigenvalue weighted by Crippen LogP contribution is 2.23. The lowest BCUT2D eigenvalue weighted by atomic mass is 9.93. The molecular formula is C19H19NO6. The van der Waals surface area contributed by atoms with Crippen molar-refractivity contribution < 1.29 is 28.7 Å². The zero-order valence-electron chi connectivity index (χ0n) is 14.4. The Bertz CT molecular complexity index is 775. The standard InChI is InChI=1S/C19H19NO6/c1-24-18(22)15-11-7-6-10-14(15)16(19(23)25-2)17(21)20-26-12-13-8-4-3-5-9-13/h3-11,16H,12H2,1-2H3,(H,20,21). The third kappa shape index (κ3) is 4.67. The highest BCUT2D eigenvalue weighted by atomic mass is 16.7. The maximum atomic E-state index is 12.5. The number of benzene rings is 2. The Morgan fingerprint density at radius 2 is 1.58 bits per heavy atom. The van der Waals surface area contributed by atoms with Crippen LogP contribution in [0.1, 0.15) is 27.4 Å². The SMILES string of the molecule is COC(=O)c1ccccc1C(C(=O)NOCc1ccccc1)C(=O)OC. The van der Waals surface area contributed by atoms with Gasteiger partial charge in [-0.25, -0.2) is 10.3 Å². The van der Waals surface area contributed by atoms with Crippen molar-refractivity contribution in [2.75, 3.05) is 14.2 Å². The van der Waals surface area contributed by atoms with E-state index in [4.69, 9.17) is 14.3 Å². The van der Waals surface area contributed by atoms with E-state index in [0.29, 0.717) is 0 Å². The molecular weight excluding hydrogens is 338 g/mol. The van der Waals surface area contributed by atoms with E-state index in [1.807, 2.05) is 30.3 Å². The first-order chi connectivity index (χ1) is 12.6. The van der Waals surface area contributed by atoms with Gasteiger partial charge in [-0.2, -0.15) is 0 Å². The molecule has 0 bridgehead atoms. The Morgan fingerprint density at radius 3 is 2.23 bits per heavy atom. The summed E-state index contributed by atoms with van der Waals surface area (Å²) < 4.78 is 9.42. The van der Waals surface area contributed by atoms with E-state index in [1.54, 1.807) is 12.1 Å². The van der Waals surface area contributed by atoms with E-state index in [0.717, 1.165) is 12.7 Å². The van der Waals surface area contributed by atoms with E-state index in [-0.39, 0.29) is 17.7 Å². The number of rotatable bonds is 7. The van der Waals surface area contributed by atoms with Crippen LogP contribution in [0, 0.1) is 0 Å². The Morgan fingerprint density at radius 1 is 0.923 bits per heavy atom. The maximum Gasteiger partial charge on any atom is 0.338 e. The molecule has 0 saturated heterocycles. The second kappa shape index (κ2) is 9.33. The Labute approximate surface area is 150 Å². The van der Waals surface area contributed by atoms with Gasteiger partial charge in [0.25, 0.3) is 5.91 Å². The second-order valence-electron chi connectivity index (χ2n) is 5.28. The molecule has 136 valence electrons. The van der Waals surface area contributed by atoms with E-state index < -0.39 is 23.8 Å². The number of carbonyl (C=O) groups is 3. The molecule has 1 atom stereocenters. The number of hydroxylamine groups is 1.